The van der Waals surface area contributed by atoms with Gasteiger partial charge in [-0.05, 0) is 145 Å². The van der Waals surface area contributed by atoms with Gasteiger partial charge in [-0.1, -0.05) is 182 Å². The largest absolute Gasteiger partial charge is 0.307 e. The number of hydrogen-bond donors (Lipinski definition) is 0. The van der Waals surface area contributed by atoms with E-state index in [1.807, 2.05) is 42.5 Å². The average Bonchev–Trinajstić information content (AvgIpc) is 1.67. The maximum atomic E-state index is 10.3. The molecular weight excluding hydrogens is 1080 g/mol. The third-order valence-corrected chi connectivity index (χ3v) is 17.1. The van der Waals surface area contributed by atoms with Crippen LogP contribution >= 0.6 is 0 Å². The molecule has 0 amide bonds. The van der Waals surface area contributed by atoms with Crippen LogP contribution in [0.25, 0.3) is 156 Å². The molecule has 6 aromatic heterocycles. The molecule has 7 heteroatoms. The van der Waals surface area contributed by atoms with E-state index in [4.69, 9.17) is 19.9 Å². The highest BCUT2D eigenvalue weighted by Crippen LogP contribution is 2.44. The van der Waals surface area contributed by atoms with E-state index in [-0.39, 0.29) is 0 Å². The fraction of sp³-hybridized carbons (Fsp3) is 0.0122. The van der Waals surface area contributed by atoms with Crippen LogP contribution in [0.4, 0.5) is 0 Å². The number of nitriles is 1. The molecule has 0 aliphatic rings. The number of pyridine rings is 4. The zero-order valence-electron chi connectivity index (χ0n) is 48.5. The first-order valence-corrected chi connectivity index (χ1v) is 29.9. The van der Waals surface area contributed by atoms with E-state index in [1.165, 1.54) is 0 Å². The van der Waals surface area contributed by atoms with Crippen LogP contribution in [0.3, 0.4) is 0 Å². The average molecular weight is 1140 g/mol. The molecular formula is C82H53N7. The SMILES string of the molecule is Cc1cc(-n2c3ccc(-c4cccc(-c5ccccc5)n4)cc3c3cc(-c4cccc(-c5ccccc5)n4)ccc32)c(-n2c3ccc(-c4cccc(-c5ccccc5)n4)cc3c3cc(-c4cccc(-c5ccccc5)n4)ccc32)cc1-c1cccc(C#N)c1. The minimum Gasteiger partial charge on any atom is -0.307 e. The summed E-state index contributed by atoms with van der Waals surface area (Å²) in [6.45, 7) is 2.18. The summed E-state index contributed by atoms with van der Waals surface area (Å²) >= 11 is 0. The van der Waals surface area contributed by atoms with Gasteiger partial charge in [0.1, 0.15) is 0 Å². The van der Waals surface area contributed by atoms with Crippen LogP contribution in [0.1, 0.15) is 11.1 Å². The molecule has 16 rings (SSSR count). The number of hydrogen-bond acceptors (Lipinski definition) is 5. The molecule has 0 saturated heterocycles. The van der Waals surface area contributed by atoms with Gasteiger partial charge in [0.15, 0.2) is 0 Å². The summed E-state index contributed by atoms with van der Waals surface area (Å²) in [4.78, 5) is 21.1. The molecule has 89 heavy (non-hydrogen) atoms. The maximum absolute atomic E-state index is 10.3. The first-order chi connectivity index (χ1) is 44.0. The number of rotatable bonds is 11. The lowest BCUT2D eigenvalue weighted by Crippen LogP contribution is -2.05. The van der Waals surface area contributed by atoms with E-state index < -0.39 is 0 Å². The van der Waals surface area contributed by atoms with E-state index in [0.717, 1.165) is 162 Å². The van der Waals surface area contributed by atoms with Crippen LogP contribution in [0.2, 0.25) is 0 Å². The maximum Gasteiger partial charge on any atom is 0.0991 e. The van der Waals surface area contributed by atoms with Crippen LogP contribution in [0.15, 0.2) is 303 Å². The summed E-state index contributed by atoms with van der Waals surface area (Å²) in [7, 11) is 0. The van der Waals surface area contributed by atoms with Crippen LogP contribution in [0.5, 0.6) is 0 Å². The number of fused-ring (bicyclic) bond motifs is 6. The van der Waals surface area contributed by atoms with Crippen molar-refractivity contribution in [2.75, 3.05) is 0 Å². The normalized spacial score (nSPS) is 11.4. The van der Waals surface area contributed by atoms with Crippen LogP contribution in [-0.4, -0.2) is 29.1 Å². The predicted octanol–water partition coefficient (Wildman–Crippen LogP) is 20.6. The molecule has 10 aromatic carbocycles. The van der Waals surface area contributed by atoms with Gasteiger partial charge in [0, 0.05) is 66.1 Å². The number of benzene rings is 10. The molecule has 0 saturated carbocycles. The molecule has 0 fully saturated rings. The smallest absolute Gasteiger partial charge is 0.0991 e. The van der Waals surface area contributed by atoms with Crippen molar-refractivity contribution in [1.29, 1.82) is 5.26 Å². The van der Waals surface area contributed by atoms with Gasteiger partial charge in [0.05, 0.1) is 90.6 Å². The Morgan fingerprint density at radius 2 is 0.539 bits per heavy atom. The first kappa shape index (κ1) is 52.4. The van der Waals surface area contributed by atoms with Crippen molar-refractivity contribution in [3.05, 3.63) is 314 Å². The second-order valence-corrected chi connectivity index (χ2v) is 22.5. The minimum absolute atomic E-state index is 0.598. The van der Waals surface area contributed by atoms with E-state index >= 15 is 0 Å². The molecule has 6 heterocycles. The Bertz CT molecular complexity index is 5170. The van der Waals surface area contributed by atoms with Gasteiger partial charge in [-0.3, -0.25) is 0 Å². The van der Waals surface area contributed by atoms with Crippen molar-refractivity contribution >= 4 is 43.6 Å². The molecule has 0 spiro atoms. The molecule has 0 N–H and O–H groups in total. The van der Waals surface area contributed by atoms with Crippen molar-refractivity contribution in [2.24, 2.45) is 0 Å². The zero-order chi connectivity index (χ0) is 59.4. The Labute approximate surface area is 515 Å². The van der Waals surface area contributed by atoms with Gasteiger partial charge in [-0.2, -0.15) is 5.26 Å². The van der Waals surface area contributed by atoms with Crippen molar-refractivity contribution in [1.82, 2.24) is 29.1 Å². The Balaban J connectivity index is 0.962. The third-order valence-electron chi connectivity index (χ3n) is 17.1. The van der Waals surface area contributed by atoms with E-state index in [0.29, 0.717) is 5.56 Å². The molecule has 0 aliphatic carbocycles. The monoisotopic (exact) mass is 1140 g/mol. The van der Waals surface area contributed by atoms with Gasteiger partial charge in [-0.15, -0.1) is 0 Å². The molecule has 7 nitrogen and oxygen atoms in total. The molecule has 0 aliphatic heterocycles. The van der Waals surface area contributed by atoms with Gasteiger partial charge in [0.2, 0.25) is 0 Å². The fourth-order valence-electron chi connectivity index (χ4n) is 12.8. The lowest BCUT2D eigenvalue weighted by molar-refractivity contribution is 1.09. The third kappa shape index (κ3) is 9.59. The van der Waals surface area contributed by atoms with E-state index in [1.54, 1.807) is 0 Å². The van der Waals surface area contributed by atoms with Crippen LogP contribution in [0, 0.1) is 18.3 Å². The van der Waals surface area contributed by atoms with Gasteiger partial charge in [0.25, 0.3) is 0 Å². The Hall–Kier alpha value is -12.1. The Kier molecular flexibility index (Phi) is 13.0. The highest BCUT2D eigenvalue weighted by molar-refractivity contribution is 6.14. The van der Waals surface area contributed by atoms with Crippen LogP contribution in [-0.2, 0) is 0 Å². The van der Waals surface area contributed by atoms with Gasteiger partial charge < -0.3 is 9.13 Å². The predicted molar refractivity (Wildman–Crippen MR) is 365 cm³/mol. The fourth-order valence-corrected chi connectivity index (χ4v) is 12.8. The summed E-state index contributed by atoms with van der Waals surface area (Å²) in [6, 6.07) is 109. The highest BCUT2D eigenvalue weighted by Gasteiger charge is 2.24. The Morgan fingerprint density at radius 3 is 0.854 bits per heavy atom. The summed E-state index contributed by atoms with van der Waals surface area (Å²) in [6.07, 6.45) is 0. The molecule has 0 atom stereocenters. The lowest BCUT2D eigenvalue weighted by atomic mass is 9.97. The lowest BCUT2D eigenvalue weighted by Gasteiger charge is -2.20. The van der Waals surface area contributed by atoms with Crippen molar-refractivity contribution < 1.29 is 0 Å². The molecule has 0 unspecified atom stereocenters. The topological polar surface area (TPSA) is 85.2 Å². The number of aromatic nitrogens is 6. The van der Waals surface area contributed by atoms with E-state index in [9.17, 15) is 5.26 Å². The summed E-state index contributed by atoms with van der Waals surface area (Å²) < 4.78 is 4.88. The standard InChI is InChI=1S/C82H53N7/c1-53-45-81(88-77-41-37-60(73-33-15-29-69(84-73)55-20-6-2-7-21-55)47-65(77)66-48-61(38-42-78(66)88)74-34-16-30-70(85-74)56-22-8-3-9-23-56)82(51-64(53)59-28-14-19-54(46-59)52-83)89-79-43-39-62(75-35-17-31-71(86-75)57-24-10-4-11-25-57)49-67(79)68-50-63(40-44-80(68)89)76-36-18-32-72(87-76)58-26-12-5-13-27-58/h2-51H,1H3. The number of nitrogens with zero attached hydrogens (tertiary/aromatic N) is 7. The van der Waals surface area contributed by atoms with Crippen molar-refractivity contribution in [2.45, 2.75) is 6.92 Å². The van der Waals surface area contributed by atoms with Crippen molar-refractivity contribution in [3.8, 4) is 119 Å². The van der Waals surface area contributed by atoms with Crippen molar-refractivity contribution in [3.63, 3.8) is 0 Å². The summed E-state index contributed by atoms with van der Waals surface area (Å²) in [5, 5.41) is 14.6. The first-order valence-electron chi connectivity index (χ1n) is 29.9. The van der Waals surface area contributed by atoms with Gasteiger partial charge >= 0.3 is 0 Å². The summed E-state index contributed by atoms with van der Waals surface area (Å²) in [5.74, 6) is 0. The van der Waals surface area contributed by atoms with Gasteiger partial charge in [-0.25, -0.2) is 19.9 Å². The molecule has 416 valence electrons. The zero-order valence-corrected chi connectivity index (χ0v) is 48.5. The minimum atomic E-state index is 0.598. The second kappa shape index (κ2) is 22.1. The summed E-state index contributed by atoms with van der Waals surface area (Å²) in [5.41, 5.74) is 25.1. The highest BCUT2D eigenvalue weighted by atomic mass is 15.1. The van der Waals surface area contributed by atoms with E-state index in [2.05, 4.69) is 283 Å². The number of aryl methyl sites for hydroxylation is 1. The molecule has 0 bridgehead atoms. The quantitative estimate of drug-likeness (QED) is 0.129. The molecule has 16 aromatic rings. The molecule has 0 radical (unpaired) electrons. The second-order valence-electron chi connectivity index (χ2n) is 22.5. The Morgan fingerprint density at radius 1 is 0.258 bits per heavy atom. The van der Waals surface area contributed by atoms with Crippen LogP contribution < -0.4 is 0 Å².